The van der Waals surface area contributed by atoms with Crippen LogP contribution in [0.3, 0.4) is 0 Å². The molecule has 2 aromatic carbocycles. The van der Waals surface area contributed by atoms with Crippen LogP contribution in [0.5, 0.6) is 5.75 Å². The molecule has 3 rings (SSSR count). The zero-order valence-electron chi connectivity index (χ0n) is 20.6. The minimum atomic E-state index is -1.60. The maximum atomic E-state index is 13.1. The van der Waals surface area contributed by atoms with E-state index in [2.05, 4.69) is 5.32 Å². The number of phenolic OH excluding ortho intramolecular Hbond substituents is 1. The molecule has 1 aliphatic rings. The summed E-state index contributed by atoms with van der Waals surface area (Å²) in [5, 5.41) is 14.3. The van der Waals surface area contributed by atoms with Crippen molar-refractivity contribution in [3.8, 4) is 5.75 Å². The average molecular weight is 517 g/mol. The molecule has 1 fully saturated rings. The van der Waals surface area contributed by atoms with Crippen molar-refractivity contribution in [2.75, 3.05) is 6.61 Å². The average Bonchev–Trinajstić information content (AvgIpc) is 2.81. The predicted octanol–water partition coefficient (Wildman–Crippen LogP) is 1.36. The molecule has 12 nitrogen and oxygen atoms in total. The van der Waals surface area contributed by atoms with Crippen LogP contribution in [0.2, 0.25) is 0 Å². The van der Waals surface area contributed by atoms with Gasteiger partial charge in [0.1, 0.15) is 30.1 Å². The molecule has 0 spiro atoms. The third kappa shape index (κ3) is 6.73. The first-order valence-corrected chi connectivity index (χ1v) is 11.3. The number of benzene rings is 2. The fraction of sp³-hybridized carbons (Fsp3) is 0.400. The maximum Gasteiger partial charge on any atom is 0.344 e. The molecule has 0 aliphatic carbocycles. The van der Waals surface area contributed by atoms with Crippen molar-refractivity contribution >= 4 is 40.6 Å². The second-order valence-corrected chi connectivity index (χ2v) is 8.31. The quantitative estimate of drug-likeness (QED) is 0.402. The van der Waals surface area contributed by atoms with Gasteiger partial charge in [0, 0.05) is 33.1 Å². The van der Waals surface area contributed by atoms with Crippen molar-refractivity contribution in [1.82, 2.24) is 5.32 Å². The SMILES string of the molecule is CC(=O)N[C@@H]1[C@@H](OC(=O)c2ccc3ccccc3c2O)O[C@@H](COC(C)=O)[C@@H](OC(C)=O)[C@@H]1OC(C)=O. The summed E-state index contributed by atoms with van der Waals surface area (Å²) in [6.07, 6.45) is -5.56. The molecule has 2 aromatic rings. The number of carbonyl (C=O) groups excluding carboxylic acids is 5. The molecule has 37 heavy (non-hydrogen) atoms. The van der Waals surface area contributed by atoms with Gasteiger partial charge in [0.15, 0.2) is 12.2 Å². The summed E-state index contributed by atoms with van der Waals surface area (Å²) in [5.41, 5.74) is -0.188. The number of aromatic hydroxyl groups is 1. The Balaban J connectivity index is 2.00. The number of rotatable bonds is 7. The van der Waals surface area contributed by atoms with E-state index in [-0.39, 0.29) is 11.3 Å². The summed E-state index contributed by atoms with van der Waals surface area (Å²) in [6, 6.07) is 8.47. The van der Waals surface area contributed by atoms with E-state index in [9.17, 15) is 29.1 Å². The molecule has 5 atom stereocenters. The molecule has 0 radical (unpaired) electrons. The topological polar surface area (TPSA) is 164 Å². The van der Waals surface area contributed by atoms with Gasteiger partial charge in [0.25, 0.3) is 0 Å². The predicted molar refractivity (Wildman–Crippen MR) is 125 cm³/mol. The van der Waals surface area contributed by atoms with Gasteiger partial charge in [-0.1, -0.05) is 30.3 Å². The van der Waals surface area contributed by atoms with E-state index in [4.69, 9.17) is 23.7 Å². The number of hydrogen-bond donors (Lipinski definition) is 2. The molecule has 0 unspecified atom stereocenters. The highest BCUT2D eigenvalue weighted by Crippen LogP contribution is 2.32. The summed E-state index contributed by atoms with van der Waals surface area (Å²) in [4.78, 5) is 60.3. The smallest absolute Gasteiger partial charge is 0.344 e. The maximum absolute atomic E-state index is 13.1. The molecule has 12 heteroatoms. The lowest BCUT2D eigenvalue weighted by Crippen LogP contribution is -2.66. The third-order valence-corrected chi connectivity index (χ3v) is 5.41. The van der Waals surface area contributed by atoms with E-state index >= 15 is 0 Å². The largest absolute Gasteiger partial charge is 0.506 e. The number of fused-ring (bicyclic) bond motifs is 1. The minimum absolute atomic E-state index is 0.188. The number of hydrogen-bond acceptors (Lipinski definition) is 11. The van der Waals surface area contributed by atoms with E-state index in [0.29, 0.717) is 10.8 Å². The summed E-state index contributed by atoms with van der Waals surface area (Å²) in [6.45, 7) is 4.07. The Kier molecular flexibility index (Phi) is 8.66. The van der Waals surface area contributed by atoms with E-state index in [1.165, 1.54) is 13.0 Å². The molecule has 0 aromatic heterocycles. The van der Waals surface area contributed by atoms with E-state index < -0.39 is 67.0 Å². The molecular formula is C25H27NO11. The van der Waals surface area contributed by atoms with Crippen LogP contribution in [0, 0.1) is 0 Å². The monoisotopic (exact) mass is 517 g/mol. The Morgan fingerprint density at radius 3 is 2.14 bits per heavy atom. The normalized spacial score (nSPS) is 23.0. The van der Waals surface area contributed by atoms with Crippen LogP contribution >= 0.6 is 0 Å². The molecule has 0 saturated carbocycles. The van der Waals surface area contributed by atoms with Crippen LogP contribution in [0.1, 0.15) is 38.1 Å². The number of nitrogens with one attached hydrogen (secondary N) is 1. The molecule has 198 valence electrons. The van der Waals surface area contributed by atoms with Crippen LogP contribution in [0.15, 0.2) is 36.4 Å². The van der Waals surface area contributed by atoms with Gasteiger partial charge in [-0.25, -0.2) is 4.79 Å². The van der Waals surface area contributed by atoms with Gasteiger partial charge in [-0.3, -0.25) is 19.2 Å². The standard InChI is InChI=1S/C25H27NO11/c1-12(27)26-20-23(35-15(4)30)22(34-14(3)29)19(11-33-13(2)28)36-25(20)37-24(32)18-10-9-16-7-5-6-8-17(16)21(18)31/h5-10,19-20,22-23,25,31H,11H2,1-4H3,(H,26,27)/t19-,20-,22+,23+,25+/m0/s1. The summed E-state index contributed by atoms with van der Waals surface area (Å²) in [5.74, 6) is -4.17. The minimum Gasteiger partial charge on any atom is -0.506 e. The van der Waals surface area contributed by atoms with Gasteiger partial charge in [-0.2, -0.15) is 0 Å². The first kappa shape index (κ1) is 27.4. The lowest BCUT2D eigenvalue weighted by molar-refractivity contribution is -0.263. The van der Waals surface area contributed by atoms with Gasteiger partial charge in [-0.15, -0.1) is 0 Å². The Hall–Kier alpha value is -4.19. The Morgan fingerprint density at radius 1 is 0.865 bits per heavy atom. The van der Waals surface area contributed by atoms with Crippen molar-refractivity contribution in [2.24, 2.45) is 0 Å². The van der Waals surface area contributed by atoms with Gasteiger partial charge in [0.05, 0.1) is 0 Å². The Morgan fingerprint density at radius 2 is 1.51 bits per heavy atom. The summed E-state index contributed by atoms with van der Waals surface area (Å²) in [7, 11) is 0. The highest BCUT2D eigenvalue weighted by molar-refractivity contribution is 6.01. The van der Waals surface area contributed by atoms with Crippen LogP contribution < -0.4 is 5.32 Å². The number of ether oxygens (including phenoxy) is 5. The number of carbonyl (C=O) groups is 5. The second-order valence-electron chi connectivity index (χ2n) is 8.31. The van der Waals surface area contributed by atoms with Gasteiger partial charge in [-0.05, 0) is 11.5 Å². The van der Waals surface area contributed by atoms with Crippen LogP contribution in [-0.2, 0) is 42.9 Å². The van der Waals surface area contributed by atoms with E-state index in [0.717, 1.165) is 20.8 Å². The third-order valence-electron chi connectivity index (χ3n) is 5.41. The Bertz CT molecular complexity index is 1210. The van der Waals surface area contributed by atoms with Crippen LogP contribution in [0.4, 0.5) is 0 Å². The van der Waals surface area contributed by atoms with Gasteiger partial charge in [0.2, 0.25) is 12.2 Å². The number of phenols is 1. The van der Waals surface area contributed by atoms with Crippen LogP contribution in [-0.4, -0.2) is 72.1 Å². The van der Waals surface area contributed by atoms with Crippen LogP contribution in [0.25, 0.3) is 10.8 Å². The second kappa shape index (κ2) is 11.7. The van der Waals surface area contributed by atoms with Crippen molar-refractivity contribution < 1.29 is 52.8 Å². The van der Waals surface area contributed by atoms with E-state index in [1.807, 2.05) is 0 Å². The lowest BCUT2D eigenvalue weighted by atomic mass is 9.96. The van der Waals surface area contributed by atoms with Gasteiger partial charge >= 0.3 is 23.9 Å². The van der Waals surface area contributed by atoms with Crippen molar-refractivity contribution in [3.63, 3.8) is 0 Å². The zero-order chi connectivity index (χ0) is 27.3. The molecule has 1 heterocycles. The first-order valence-electron chi connectivity index (χ1n) is 11.3. The molecule has 1 amide bonds. The highest BCUT2D eigenvalue weighted by Gasteiger charge is 2.52. The first-order chi connectivity index (χ1) is 17.5. The molecule has 2 N–H and O–H groups in total. The molecule has 1 saturated heterocycles. The lowest BCUT2D eigenvalue weighted by Gasteiger charge is -2.44. The summed E-state index contributed by atoms with van der Waals surface area (Å²) >= 11 is 0. The highest BCUT2D eigenvalue weighted by atomic mass is 16.7. The van der Waals surface area contributed by atoms with E-state index in [1.54, 1.807) is 30.3 Å². The fourth-order valence-corrected chi connectivity index (χ4v) is 3.98. The molecule has 0 bridgehead atoms. The molecular weight excluding hydrogens is 490 g/mol. The number of amides is 1. The van der Waals surface area contributed by atoms with Crippen molar-refractivity contribution in [3.05, 3.63) is 42.0 Å². The van der Waals surface area contributed by atoms with Gasteiger partial charge < -0.3 is 34.1 Å². The fourth-order valence-electron chi connectivity index (χ4n) is 3.98. The summed E-state index contributed by atoms with van der Waals surface area (Å²) < 4.78 is 27.0. The van der Waals surface area contributed by atoms with Crippen molar-refractivity contribution in [2.45, 2.75) is 58.3 Å². The van der Waals surface area contributed by atoms with Crippen molar-refractivity contribution in [1.29, 1.82) is 0 Å². The number of esters is 4. The molecule has 1 aliphatic heterocycles. The Labute approximate surface area is 211 Å². The zero-order valence-corrected chi connectivity index (χ0v) is 20.6.